The van der Waals surface area contributed by atoms with Crippen molar-refractivity contribution in [1.82, 2.24) is 4.98 Å². The monoisotopic (exact) mass is 297 g/mol. The summed E-state index contributed by atoms with van der Waals surface area (Å²) in [6, 6.07) is 6.05. The molecule has 0 unspecified atom stereocenters. The highest BCUT2D eigenvalue weighted by atomic mass is 35.5. The van der Waals surface area contributed by atoms with Crippen LogP contribution in [0.2, 0.25) is 10.0 Å². The summed E-state index contributed by atoms with van der Waals surface area (Å²) >= 11 is 11.9. The standard InChI is InChI=1S/C13H9Cl2NO3/c1-19-13(18)9-5-12(17)16-6-10(9)8-3-2-7(14)4-11(8)15/h2-6H,1H3,(H,16,17). The number of benzene rings is 1. The second-order valence-corrected chi connectivity index (χ2v) is 4.58. The summed E-state index contributed by atoms with van der Waals surface area (Å²) in [6.07, 6.45) is 1.42. The Labute approximate surface area is 118 Å². The molecule has 1 aromatic carbocycles. The number of pyridine rings is 1. The summed E-state index contributed by atoms with van der Waals surface area (Å²) in [5.41, 5.74) is 0.820. The molecule has 19 heavy (non-hydrogen) atoms. The van der Waals surface area contributed by atoms with Gasteiger partial charge in [0.05, 0.1) is 12.7 Å². The minimum Gasteiger partial charge on any atom is -0.465 e. The smallest absolute Gasteiger partial charge is 0.338 e. The largest absolute Gasteiger partial charge is 0.465 e. The number of aromatic amines is 1. The van der Waals surface area contributed by atoms with Gasteiger partial charge in [0, 0.05) is 33.4 Å². The lowest BCUT2D eigenvalue weighted by atomic mass is 10.0. The summed E-state index contributed by atoms with van der Waals surface area (Å²) in [6.45, 7) is 0. The average molecular weight is 298 g/mol. The molecule has 0 aliphatic carbocycles. The maximum absolute atomic E-state index is 11.7. The van der Waals surface area contributed by atoms with Gasteiger partial charge in [0.15, 0.2) is 0 Å². The Morgan fingerprint density at radius 2 is 1.95 bits per heavy atom. The third-order valence-electron chi connectivity index (χ3n) is 2.55. The summed E-state index contributed by atoms with van der Waals surface area (Å²) < 4.78 is 4.66. The number of nitrogens with one attached hydrogen (secondary N) is 1. The highest BCUT2D eigenvalue weighted by Gasteiger charge is 2.16. The first kappa shape index (κ1) is 13.6. The van der Waals surface area contributed by atoms with Crippen molar-refractivity contribution >= 4 is 29.2 Å². The molecule has 0 radical (unpaired) electrons. The first-order valence-electron chi connectivity index (χ1n) is 5.29. The SMILES string of the molecule is COC(=O)c1cc(=O)[nH]cc1-c1ccc(Cl)cc1Cl. The van der Waals surface area contributed by atoms with Crippen LogP contribution < -0.4 is 5.56 Å². The van der Waals surface area contributed by atoms with Gasteiger partial charge >= 0.3 is 5.97 Å². The van der Waals surface area contributed by atoms with Gasteiger partial charge in [-0.25, -0.2) is 4.79 Å². The van der Waals surface area contributed by atoms with Crippen LogP contribution in [0.15, 0.2) is 35.3 Å². The number of esters is 1. The number of carbonyl (C=O) groups is 1. The predicted octanol–water partition coefficient (Wildman–Crippen LogP) is 3.14. The number of methoxy groups -OCH3 is 1. The maximum atomic E-state index is 11.7. The van der Waals surface area contributed by atoms with E-state index in [1.165, 1.54) is 19.4 Å². The minimum atomic E-state index is -0.605. The van der Waals surface area contributed by atoms with Crippen molar-refractivity contribution in [2.75, 3.05) is 7.11 Å². The van der Waals surface area contributed by atoms with Crippen molar-refractivity contribution in [2.24, 2.45) is 0 Å². The third kappa shape index (κ3) is 2.80. The van der Waals surface area contributed by atoms with E-state index in [2.05, 4.69) is 9.72 Å². The zero-order valence-corrected chi connectivity index (χ0v) is 11.4. The van der Waals surface area contributed by atoms with Crippen LogP contribution in [0.1, 0.15) is 10.4 Å². The molecule has 0 spiro atoms. The van der Waals surface area contributed by atoms with Crippen LogP contribution in [-0.4, -0.2) is 18.1 Å². The van der Waals surface area contributed by atoms with Gasteiger partial charge in [0.2, 0.25) is 5.56 Å². The molecule has 4 nitrogen and oxygen atoms in total. The van der Waals surface area contributed by atoms with E-state index in [9.17, 15) is 9.59 Å². The number of aromatic nitrogens is 1. The van der Waals surface area contributed by atoms with E-state index in [0.717, 1.165) is 0 Å². The van der Waals surface area contributed by atoms with Gasteiger partial charge < -0.3 is 9.72 Å². The number of carbonyl (C=O) groups excluding carboxylic acids is 1. The summed E-state index contributed by atoms with van der Waals surface area (Å²) in [7, 11) is 1.25. The lowest BCUT2D eigenvalue weighted by Gasteiger charge is -2.09. The number of rotatable bonds is 2. The van der Waals surface area contributed by atoms with Gasteiger partial charge in [-0.3, -0.25) is 4.79 Å². The van der Waals surface area contributed by atoms with Crippen molar-refractivity contribution in [3.8, 4) is 11.1 Å². The average Bonchev–Trinajstić information content (AvgIpc) is 2.38. The molecular formula is C13H9Cl2NO3. The first-order valence-corrected chi connectivity index (χ1v) is 6.05. The molecule has 1 N–H and O–H groups in total. The summed E-state index contributed by atoms with van der Waals surface area (Å²) in [5, 5.41) is 0.863. The molecule has 0 saturated carbocycles. The molecule has 1 aromatic heterocycles. The highest BCUT2D eigenvalue weighted by molar-refractivity contribution is 6.36. The van der Waals surface area contributed by atoms with E-state index in [0.29, 0.717) is 21.2 Å². The number of hydrogen-bond donors (Lipinski definition) is 1. The summed E-state index contributed by atoms with van der Waals surface area (Å²) in [4.78, 5) is 25.5. The van der Waals surface area contributed by atoms with Crippen molar-refractivity contribution in [1.29, 1.82) is 0 Å². The number of halogens is 2. The van der Waals surface area contributed by atoms with Crippen molar-refractivity contribution in [3.63, 3.8) is 0 Å². The van der Waals surface area contributed by atoms with Crippen LogP contribution in [0.4, 0.5) is 0 Å². The number of H-pyrrole nitrogens is 1. The van der Waals surface area contributed by atoms with Gasteiger partial charge in [-0.15, -0.1) is 0 Å². The molecule has 1 heterocycles. The van der Waals surface area contributed by atoms with Crippen LogP contribution in [0, 0.1) is 0 Å². The van der Waals surface area contributed by atoms with Crippen LogP contribution in [0.3, 0.4) is 0 Å². The Morgan fingerprint density at radius 1 is 1.21 bits per heavy atom. The minimum absolute atomic E-state index is 0.149. The Bertz CT molecular complexity index is 695. The molecule has 0 fully saturated rings. The van der Waals surface area contributed by atoms with Gasteiger partial charge in [0.1, 0.15) is 0 Å². The molecule has 2 aromatic rings. The lowest BCUT2D eigenvalue weighted by molar-refractivity contribution is 0.0601. The van der Waals surface area contributed by atoms with Gasteiger partial charge in [-0.2, -0.15) is 0 Å². The molecule has 2 rings (SSSR count). The maximum Gasteiger partial charge on any atom is 0.338 e. The molecule has 0 bridgehead atoms. The number of ether oxygens (including phenoxy) is 1. The molecule has 0 atom stereocenters. The van der Waals surface area contributed by atoms with Crippen LogP contribution in [-0.2, 0) is 4.74 Å². The van der Waals surface area contributed by atoms with E-state index in [4.69, 9.17) is 23.2 Å². The van der Waals surface area contributed by atoms with Crippen LogP contribution in [0.25, 0.3) is 11.1 Å². The Balaban J connectivity index is 2.68. The molecular weight excluding hydrogens is 289 g/mol. The molecule has 6 heteroatoms. The van der Waals surface area contributed by atoms with E-state index in [1.807, 2.05) is 0 Å². The van der Waals surface area contributed by atoms with E-state index in [1.54, 1.807) is 18.2 Å². The molecule has 0 saturated heterocycles. The van der Waals surface area contributed by atoms with Crippen molar-refractivity contribution < 1.29 is 9.53 Å². The quantitative estimate of drug-likeness (QED) is 0.866. The molecule has 98 valence electrons. The second kappa shape index (κ2) is 5.47. The zero-order valence-electron chi connectivity index (χ0n) is 9.87. The van der Waals surface area contributed by atoms with Gasteiger partial charge in [-0.05, 0) is 12.1 Å². The van der Waals surface area contributed by atoms with E-state index >= 15 is 0 Å². The Kier molecular flexibility index (Phi) is 3.93. The fraction of sp³-hybridized carbons (Fsp3) is 0.0769. The summed E-state index contributed by atoms with van der Waals surface area (Å²) in [5.74, 6) is -0.605. The Morgan fingerprint density at radius 3 is 2.58 bits per heavy atom. The number of hydrogen-bond acceptors (Lipinski definition) is 3. The Hall–Kier alpha value is -1.78. The van der Waals surface area contributed by atoms with E-state index in [-0.39, 0.29) is 5.56 Å². The normalized spacial score (nSPS) is 10.3. The first-order chi connectivity index (χ1) is 9.02. The zero-order chi connectivity index (χ0) is 14.0. The van der Waals surface area contributed by atoms with Gasteiger partial charge in [-0.1, -0.05) is 29.3 Å². The van der Waals surface area contributed by atoms with Gasteiger partial charge in [0.25, 0.3) is 0 Å². The topological polar surface area (TPSA) is 59.2 Å². The third-order valence-corrected chi connectivity index (χ3v) is 3.10. The van der Waals surface area contributed by atoms with Crippen LogP contribution >= 0.6 is 23.2 Å². The van der Waals surface area contributed by atoms with Crippen LogP contribution in [0.5, 0.6) is 0 Å². The highest BCUT2D eigenvalue weighted by Crippen LogP contribution is 2.31. The molecule has 0 aliphatic heterocycles. The predicted molar refractivity (Wildman–Crippen MR) is 73.9 cm³/mol. The fourth-order valence-corrected chi connectivity index (χ4v) is 2.19. The molecule has 0 amide bonds. The van der Waals surface area contributed by atoms with Crippen molar-refractivity contribution in [2.45, 2.75) is 0 Å². The lowest BCUT2D eigenvalue weighted by Crippen LogP contribution is -2.12. The second-order valence-electron chi connectivity index (χ2n) is 3.74. The van der Waals surface area contributed by atoms with Crippen molar-refractivity contribution in [3.05, 3.63) is 56.4 Å². The fourth-order valence-electron chi connectivity index (χ4n) is 1.68. The van der Waals surface area contributed by atoms with E-state index < -0.39 is 11.5 Å². The molecule has 0 aliphatic rings.